The lowest BCUT2D eigenvalue weighted by Crippen LogP contribution is -2.23. The second-order valence-electron chi connectivity index (χ2n) is 3.43. The summed E-state index contributed by atoms with van der Waals surface area (Å²) in [6, 6.07) is 2.38. The van der Waals surface area contributed by atoms with Gasteiger partial charge in [-0.15, -0.1) is 0 Å². The molecular formula is C11H11F4NO. The molecule has 0 saturated heterocycles. The summed E-state index contributed by atoms with van der Waals surface area (Å²) in [5.41, 5.74) is -1.21. The van der Waals surface area contributed by atoms with Crippen LogP contribution in [0.4, 0.5) is 17.6 Å². The molecule has 0 unspecified atom stereocenters. The number of carbonyl (C=O) groups excluding carboxylic acids is 1. The quantitative estimate of drug-likeness (QED) is 0.820. The highest BCUT2D eigenvalue weighted by molar-refractivity contribution is 5.75. The maximum Gasteiger partial charge on any atom is 0.416 e. The fraction of sp³-hybridized carbons (Fsp3) is 0.364. The van der Waals surface area contributed by atoms with Crippen molar-refractivity contribution in [2.75, 3.05) is 0 Å². The van der Waals surface area contributed by atoms with Crippen molar-refractivity contribution in [1.82, 2.24) is 5.32 Å². The summed E-state index contributed by atoms with van der Waals surface area (Å²) in [7, 11) is 0. The zero-order chi connectivity index (χ0) is 13.1. The molecule has 6 heteroatoms. The Morgan fingerprint density at radius 2 is 2.00 bits per heavy atom. The summed E-state index contributed by atoms with van der Waals surface area (Å²) in [4.78, 5) is 10.9. The SMILES string of the molecule is CCC(=O)NCc1ccc(F)cc1C(F)(F)F. The van der Waals surface area contributed by atoms with Crippen LogP contribution in [0.5, 0.6) is 0 Å². The molecule has 0 spiro atoms. The van der Waals surface area contributed by atoms with E-state index < -0.39 is 17.6 Å². The number of benzene rings is 1. The lowest BCUT2D eigenvalue weighted by molar-refractivity contribution is -0.138. The Morgan fingerprint density at radius 1 is 1.35 bits per heavy atom. The normalized spacial score (nSPS) is 11.4. The first kappa shape index (κ1) is 13.5. The fourth-order valence-electron chi connectivity index (χ4n) is 1.29. The average molecular weight is 249 g/mol. The molecule has 0 bridgehead atoms. The number of amides is 1. The lowest BCUT2D eigenvalue weighted by Gasteiger charge is -2.13. The molecule has 1 amide bonds. The number of alkyl halides is 3. The van der Waals surface area contributed by atoms with Crippen molar-refractivity contribution in [2.24, 2.45) is 0 Å². The molecule has 0 saturated carbocycles. The van der Waals surface area contributed by atoms with Gasteiger partial charge in [0, 0.05) is 13.0 Å². The molecule has 1 aromatic rings. The van der Waals surface area contributed by atoms with Crippen molar-refractivity contribution < 1.29 is 22.4 Å². The van der Waals surface area contributed by atoms with Gasteiger partial charge in [0.05, 0.1) is 5.56 Å². The number of hydrogen-bond donors (Lipinski definition) is 1. The van der Waals surface area contributed by atoms with Crippen LogP contribution in [-0.2, 0) is 17.5 Å². The number of rotatable bonds is 3. The molecule has 0 heterocycles. The summed E-state index contributed by atoms with van der Waals surface area (Å²) in [5, 5.41) is 2.32. The molecule has 0 radical (unpaired) electrons. The van der Waals surface area contributed by atoms with Crippen LogP contribution in [0.1, 0.15) is 24.5 Å². The van der Waals surface area contributed by atoms with E-state index in [2.05, 4.69) is 5.32 Å². The predicted octanol–water partition coefficient (Wildman–Crippen LogP) is 2.87. The van der Waals surface area contributed by atoms with Gasteiger partial charge in [0.15, 0.2) is 0 Å². The van der Waals surface area contributed by atoms with Crippen molar-refractivity contribution >= 4 is 5.91 Å². The Morgan fingerprint density at radius 3 is 2.53 bits per heavy atom. The van der Waals surface area contributed by atoms with Gasteiger partial charge in [-0.1, -0.05) is 13.0 Å². The topological polar surface area (TPSA) is 29.1 Å². The molecule has 94 valence electrons. The minimum absolute atomic E-state index is 0.152. The highest BCUT2D eigenvalue weighted by atomic mass is 19.4. The third kappa shape index (κ3) is 3.72. The van der Waals surface area contributed by atoms with E-state index in [1.54, 1.807) is 6.92 Å². The van der Waals surface area contributed by atoms with Gasteiger partial charge in [-0.2, -0.15) is 13.2 Å². The summed E-state index contributed by atoms with van der Waals surface area (Å²) in [5.74, 6) is -1.31. The Kier molecular flexibility index (Phi) is 4.09. The largest absolute Gasteiger partial charge is 0.416 e. The van der Waals surface area contributed by atoms with Gasteiger partial charge < -0.3 is 5.32 Å². The van der Waals surface area contributed by atoms with Gasteiger partial charge in [-0.3, -0.25) is 4.79 Å². The fourth-order valence-corrected chi connectivity index (χ4v) is 1.29. The van der Waals surface area contributed by atoms with E-state index in [9.17, 15) is 22.4 Å². The summed E-state index contributed by atoms with van der Waals surface area (Å²) >= 11 is 0. The Balaban J connectivity index is 2.95. The number of hydrogen-bond acceptors (Lipinski definition) is 1. The molecule has 0 aliphatic heterocycles. The number of nitrogens with one attached hydrogen (secondary N) is 1. The molecule has 0 aliphatic rings. The van der Waals surface area contributed by atoms with Crippen LogP contribution in [0.15, 0.2) is 18.2 Å². The van der Waals surface area contributed by atoms with Crippen molar-refractivity contribution in [2.45, 2.75) is 26.1 Å². The van der Waals surface area contributed by atoms with E-state index in [0.29, 0.717) is 6.07 Å². The lowest BCUT2D eigenvalue weighted by atomic mass is 10.1. The maximum absolute atomic E-state index is 12.8. The summed E-state index contributed by atoms with van der Waals surface area (Å²) in [6.45, 7) is 1.33. The first-order valence-electron chi connectivity index (χ1n) is 4.97. The first-order chi connectivity index (χ1) is 7.84. The molecule has 2 nitrogen and oxygen atoms in total. The zero-order valence-electron chi connectivity index (χ0n) is 9.07. The minimum atomic E-state index is -4.63. The first-order valence-corrected chi connectivity index (χ1v) is 4.97. The molecule has 0 atom stereocenters. The van der Waals surface area contributed by atoms with Crippen molar-refractivity contribution in [3.8, 4) is 0 Å². The minimum Gasteiger partial charge on any atom is -0.352 e. The van der Waals surface area contributed by atoms with Crippen LogP contribution < -0.4 is 5.32 Å². The van der Waals surface area contributed by atoms with Gasteiger partial charge in [-0.25, -0.2) is 4.39 Å². The van der Waals surface area contributed by atoms with Crippen molar-refractivity contribution in [3.05, 3.63) is 35.1 Å². The van der Waals surface area contributed by atoms with Crippen LogP contribution in [0.3, 0.4) is 0 Å². The van der Waals surface area contributed by atoms with Gasteiger partial charge in [-0.05, 0) is 17.7 Å². The standard InChI is InChI=1S/C11H11F4NO/c1-2-10(17)16-6-7-3-4-8(12)5-9(7)11(13,14)15/h3-5H,2,6H2,1H3,(H,16,17). The van der Waals surface area contributed by atoms with E-state index in [0.717, 1.165) is 12.1 Å². The second kappa shape index (κ2) is 5.16. The van der Waals surface area contributed by atoms with E-state index in [-0.39, 0.29) is 24.4 Å². The molecule has 1 rings (SSSR count). The molecule has 0 aliphatic carbocycles. The van der Waals surface area contributed by atoms with Gasteiger partial charge >= 0.3 is 6.18 Å². The molecule has 0 fully saturated rings. The molecular weight excluding hydrogens is 238 g/mol. The third-order valence-electron chi connectivity index (χ3n) is 2.17. The van der Waals surface area contributed by atoms with Crippen LogP contribution in [0.25, 0.3) is 0 Å². The van der Waals surface area contributed by atoms with Crippen molar-refractivity contribution in [1.29, 1.82) is 0 Å². The average Bonchev–Trinajstić information content (AvgIpc) is 2.25. The second-order valence-corrected chi connectivity index (χ2v) is 3.43. The highest BCUT2D eigenvalue weighted by Crippen LogP contribution is 2.32. The van der Waals surface area contributed by atoms with E-state index in [1.165, 1.54) is 0 Å². The molecule has 17 heavy (non-hydrogen) atoms. The van der Waals surface area contributed by atoms with Crippen LogP contribution in [-0.4, -0.2) is 5.91 Å². The van der Waals surface area contributed by atoms with Gasteiger partial charge in [0.25, 0.3) is 0 Å². The highest BCUT2D eigenvalue weighted by Gasteiger charge is 2.33. The maximum atomic E-state index is 12.8. The Hall–Kier alpha value is -1.59. The summed E-state index contributed by atoms with van der Waals surface area (Å²) < 4.78 is 50.4. The van der Waals surface area contributed by atoms with Crippen molar-refractivity contribution in [3.63, 3.8) is 0 Å². The van der Waals surface area contributed by atoms with Crippen LogP contribution >= 0.6 is 0 Å². The Bertz CT molecular complexity index is 414. The zero-order valence-corrected chi connectivity index (χ0v) is 9.07. The summed E-state index contributed by atoms with van der Waals surface area (Å²) in [6.07, 6.45) is -4.45. The van der Waals surface area contributed by atoms with Gasteiger partial charge in [0.1, 0.15) is 5.82 Å². The van der Waals surface area contributed by atoms with E-state index in [4.69, 9.17) is 0 Å². The number of halogens is 4. The molecule has 1 aromatic carbocycles. The monoisotopic (exact) mass is 249 g/mol. The van der Waals surface area contributed by atoms with Gasteiger partial charge in [0.2, 0.25) is 5.91 Å². The third-order valence-corrected chi connectivity index (χ3v) is 2.17. The van der Waals surface area contributed by atoms with E-state index in [1.807, 2.05) is 0 Å². The molecule has 0 aromatic heterocycles. The van der Waals surface area contributed by atoms with Crippen LogP contribution in [0, 0.1) is 5.82 Å². The number of carbonyl (C=O) groups is 1. The predicted molar refractivity (Wildman–Crippen MR) is 53.5 cm³/mol. The van der Waals surface area contributed by atoms with E-state index >= 15 is 0 Å². The Labute approximate surface area is 95.6 Å². The smallest absolute Gasteiger partial charge is 0.352 e. The van der Waals surface area contributed by atoms with Crippen LogP contribution in [0.2, 0.25) is 0 Å². The molecule has 1 N–H and O–H groups in total.